The quantitative estimate of drug-likeness (QED) is 0.298. The molecule has 0 radical (unpaired) electrons. The van der Waals surface area contributed by atoms with Crippen LogP contribution in [-0.4, -0.2) is 0 Å². The van der Waals surface area contributed by atoms with Crippen LogP contribution in [-0.2, 0) is 10.8 Å². The Morgan fingerprint density at radius 3 is 1.18 bits per heavy atom. The first-order chi connectivity index (χ1) is 16.2. The molecular formula is C33H32. The summed E-state index contributed by atoms with van der Waals surface area (Å²) < 4.78 is 0. The number of rotatable bonds is 5. The van der Waals surface area contributed by atoms with Gasteiger partial charge < -0.3 is 0 Å². The van der Waals surface area contributed by atoms with Gasteiger partial charge in [0.15, 0.2) is 0 Å². The van der Waals surface area contributed by atoms with Crippen LogP contribution < -0.4 is 0 Å². The molecule has 0 amide bonds. The van der Waals surface area contributed by atoms with Crippen molar-refractivity contribution in [3.8, 4) is 22.3 Å². The lowest BCUT2D eigenvalue weighted by molar-refractivity contribution is 0.214. The van der Waals surface area contributed by atoms with Crippen molar-refractivity contribution in [3.63, 3.8) is 0 Å². The molecule has 0 heterocycles. The molecule has 0 nitrogen and oxygen atoms in total. The average molecular weight is 429 g/mol. The minimum absolute atomic E-state index is 0.0114. The Morgan fingerprint density at radius 1 is 0.515 bits per heavy atom. The monoisotopic (exact) mass is 428 g/mol. The summed E-state index contributed by atoms with van der Waals surface area (Å²) >= 11 is 0. The molecule has 2 aliphatic rings. The van der Waals surface area contributed by atoms with Gasteiger partial charge in [0.25, 0.3) is 0 Å². The minimum Gasteiger partial charge on any atom is -0.0653 e. The van der Waals surface area contributed by atoms with Gasteiger partial charge >= 0.3 is 0 Å². The minimum atomic E-state index is -0.0209. The molecule has 164 valence electrons. The smallest absolute Gasteiger partial charge is 0.0252 e. The molecule has 0 spiro atoms. The Balaban J connectivity index is 1.70. The van der Waals surface area contributed by atoms with E-state index in [0.717, 1.165) is 19.3 Å². The third-order valence-corrected chi connectivity index (χ3v) is 8.89. The lowest BCUT2D eigenvalue weighted by Crippen LogP contribution is -2.46. The first-order valence-electron chi connectivity index (χ1n) is 12.6. The normalized spacial score (nSPS) is 17.1. The second kappa shape index (κ2) is 7.45. The molecule has 0 saturated carbocycles. The summed E-state index contributed by atoms with van der Waals surface area (Å²) in [5.74, 6) is 0.407. The van der Waals surface area contributed by atoms with Crippen LogP contribution >= 0.6 is 0 Å². The highest BCUT2D eigenvalue weighted by Crippen LogP contribution is 2.64. The third-order valence-electron chi connectivity index (χ3n) is 8.89. The van der Waals surface area contributed by atoms with Gasteiger partial charge in [-0.2, -0.15) is 0 Å². The highest BCUT2D eigenvalue weighted by Gasteiger charge is 2.56. The van der Waals surface area contributed by atoms with Crippen LogP contribution in [0.3, 0.4) is 0 Å². The molecule has 0 heteroatoms. The second-order valence-electron chi connectivity index (χ2n) is 9.95. The Kier molecular flexibility index (Phi) is 4.63. The lowest BCUT2D eigenvalue weighted by atomic mass is 9.53. The van der Waals surface area contributed by atoms with Gasteiger partial charge in [0, 0.05) is 10.8 Å². The number of hydrogen-bond acceptors (Lipinski definition) is 0. The topological polar surface area (TPSA) is 0 Å². The van der Waals surface area contributed by atoms with E-state index in [1.165, 1.54) is 44.5 Å². The zero-order valence-corrected chi connectivity index (χ0v) is 19.9. The maximum Gasteiger partial charge on any atom is 0.0252 e. The molecular weight excluding hydrogens is 396 g/mol. The number of fused-ring (bicyclic) bond motifs is 6. The maximum atomic E-state index is 2.55. The summed E-state index contributed by atoms with van der Waals surface area (Å²) in [5.41, 5.74) is 11.7. The van der Waals surface area contributed by atoms with Crippen molar-refractivity contribution in [2.75, 3.05) is 0 Å². The largest absolute Gasteiger partial charge is 0.0653 e. The number of benzene rings is 4. The molecule has 33 heavy (non-hydrogen) atoms. The van der Waals surface area contributed by atoms with Crippen molar-refractivity contribution < 1.29 is 0 Å². The highest BCUT2D eigenvalue weighted by atomic mass is 14.6. The van der Waals surface area contributed by atoms with E-state index in [1.807, 2.05) is 0 Å². The van der Waals surface area contributed by atoms with Crippen molar-refractivity contribution in [2.45, 2.75) is 50.9 Å². The van der Waals surface area contributed by atoms with Crippen LogP contribution in [0.4, 0.5) is 0 Å². The third kappa shape index (κ3) is 2.47. The Morgan fingerprint density at radius 2 is 0.848 bits per heavy atom. The van der Waals surface area contributed by atoms with Gasteiger partial charge in [0.05, 0.1) is 0 Å². The molecule has 0 saturated heterocycles. The molecule has 2 aliphatic carbocycles. The fraction of sp³-hybridized carbons (Fsp3) is 0.273. The highest BCUT2D eigenvalue weighted by molar-refractivity contribution is 5.84. The standard InChI is InChI=1S/C33H32/c1-4-22-33(30-20-12-8-16-26(30)27-17-9-13-21-31(27)33)23(3)32(5-2)28-18-10-6-14-24(28)25-15-7-11-19-29(25)32/h6-21,23H,4-5,22H2,1-3H3. The van der Waals surface area contributed by atoms with E-state index >= 15 is 0 Å². The Hall–Kier alpha value is -3.12. The van der Waals surface area contributed by atoms with Gasteiger partial charge in [-0.25, -0.2) is 0 Å². The lowest BCUT2D eigenvalue weighted by Gasteiger charge is -2.49. The van der Waals surface area contributed by atoms with Crippen molar-refractivity contribution in [1.29, 1.82) is 0 Å². The molecule has 0 bridgehead atoms. The molecule has 4 aromatic carbocycles. The molecule has 0 aliphatic heterocycles. The molecule has 1 atom stereocenters. The Labute approximate surface area is 198 Å². The molecule has 1 unspecified atom stereocenters. The van der Waals surface area contributed by atoms with Gasteiger partial charge in [-0.15, -0.1) is 0 Å². The molecule has 0 aromatic heterocycles. The van der Waals surface area contributed by atoms with E-state index in [2.05, 4.69) is 118 Å². The van der Waals surface area contributed by atoms with E-state index in [1.54, 1.807) is 0 Å². The van der Waals surface area contributed by atoms with Crippen LogP contribution in [0.25, 0.3) is 22.3 Å². The predicted octanol–water partition coefficient (Wildman–Crippen LogP) is 8.77. The Bertz CT molecular complexity index is 1250. The van der Waals surface area contributed by atoms with Gasteiger partial charge in [-0.1, -0.05) is 124 Å². The summed E-state index contributed by atoms with van der Waals surface area (Å²) in [6, 6.07) is 36.8. The fourth-order valence-corrected chi connectivity index (χ4v) is 7.64. The zero-order chi connectivity index (χ0) is 22.6. The van der Waals surface area contributed by atoms with Crippen LogP contribution in [0.15, 0.2) is 97.1 Å². The fourth-order valence-electron chi connectivity index (χ4n) is 7.64. The second-order valence-corrected chi connectivity index (χ2v) is 9.95. The van der Waals surface area contributed by atoms with E-state index in [9.17, 15) is 0 Å². The van der Waals surface area contributed by atoms with E-state index < -0.39 is 0 Å². The molecule has 6 rings (SSSR count). The zero-order valence-electron chi connectivity index (χ0n) is 19.9. The summed E-state index contributed by atoms with van der Waals surface area (Å²) in [6.45, 7) is 7.31. The van der Waals surface area contributed by atoms with Gasteiger partial charge in [0.1, 0.15) is 0 Å². The van der Waals surface area contributed by atoms with Gasteiger partial charge in [-0.05, 0) is 63.3 Å². The van der Waals surface area contributed by atoms with Crippen molar-refractivity contribution >= 4 is 0 Å². The first kappa shape index (κ1) is 20.5. The van der Waals surface area contributed by atoms with Crippen LogP contribution in [0.2, 0.25) is 0 Å². The summed E-state index contributed by atoms with van der Waals surface area (Å²) in [6.07, 6.45) is 3.42. The van der Waals surface area contributed by atoms with Gasteiger partial charge in [-0.3, -0.25) is 0 Å². The van der Waals surface area contributed by atoms with E-state index in [-0.39, 0.29) is 10.8 Å². The average Bonchev–Trinajstić information content (AvgIpc) is 3.33. The van der Waals surface area contributed by atoms with E-state index in [4.69, 9.17) is 0 Å². The summed E-state index contributed by atoms with van der Waals surface area (Å²) in [7, 11) is 0. The summed E-state index contributed by atoms with van der Waals surface area (Å²) in [4.78, 5) is 0. The van der Waals surface area contributed by atoms with Crippen LogP contribution in [0, 0.1) is 5.92 Å². The molecule has 0 N–H and O–H groups in total. The number of hydrogen-bond donors (Lipinski definition) is 0. The molecule has 4 aromatic rings. The maximum absolute atomic E-state index is 2.55. The van der Waals surface area contributed by atoms with Crippen LogP contribution in [0.5, 0.6) is 0 Å². The van der Waals surface area contributed by atoms with Gasteiger partial charge in [0.2, 0.25) is 0 Å². The predicted molar refractivity (Wildman–Crippen MR) is 140 cm³/mol. The first-order valence-corrected chi connectivity index (χ1v) is 12.6. The van der Waals surface area contributed by atoms with Crippen molar-refractivity contribution in [1.82, 2.24) is 0 Å². The summed E-state index contributed by atoms with van der Waals surface area (Å²) in [5, 5.41) is 0. The van der Waals surface area contributed by atoms with Crippen LogP contribution in [0.1, 0.15) is 62.3 Å². The van der Waals surface area contributed by atoms with Crippen molar-refractivity contribution in [2.24, 2.45) is 5.92 Å². The van der Waals surface area contributed by atoms with Crippen molar-refractivity contribution in [3.05, 3.63) is 119 Å². The SMILES string of the molecule is CCCC1(C(C)C2(CC)c3ccccc3-c3ccccc32)c2ccccc2-c2ccccc21. The van der Waals surface area contributed by atoms with E-state index in [0.29, 0.717) is 5.92 Å². The molecule has 0 fully saturated rings.